The minimum absolute atomic E-state index is 0.133. The van der Waals surface area contributed by atoms with Gasteiger partial charge in [-0.25, -0.2) is 8.78 Å². The molecule has 1 aromatic rings. The molecular formula is C12H12F2N2S. The standard InChI is InChI=1S/C12H12F2N2S/c13-9-1-7(2-10(14)3-9)12-4-8(12)5-16(6-12)11(15)17/h1-3,8H,4-6H2,(H2,15,17)/t8?,12-/m1/s1. The molecule has 3 rings (SSSR count). The van der Waals surface area contributed by atoms with E-state index in [2.05, 4.69) is 0 Å². The van der Waals surface area contributed by atoms with Gasteiger partial charge in [0.1, 0.15) is 11.6 Å². The Kier molecular flexibility index (Phi) is 2.17. The van der Waals surface area contributed by atoms with E-state index in [1.54, 1.807) is 0 Å². The molecule has 2 atom stereocenters. The molecule has 2 N–H and O–H groups in total. The molecule has 17 heavy (non-hydrogen) atoms. The van der Waals surface area contributed by atoms with Crippen molar-refractivity contribution in [2.45, 2.75) is 11.8 Å². The van der Waals surface area contributed by atoms with Gasteiger partial charge in [0.15, 0.2) is 5.11 Å². The number of piperidine rings is 1. The maximum absolute atomic E-state index is 13.2. The van der Waals surface area contributed by atoms with Crippen LogP contribution >= 0.6 is 12.2 Å². The second-order valence-electron chi connectivity index (χ2n) is 4.93. The van der Waals surface area contributed by atoms with Crippen molar-refractivity contribution in [3.63, 3.8) is 0 Å². The molecule has 1 heterocycles. The third-order valence-electron chi connectivity index (χ3n) is 3.89. The van der Waals surface area contributed by atoms with Gasteiger partial charge in [0, 0.05) is 24.6 Å². The van der Waals surface area contributed by atoms with E-state index in [1.807, 2.05) is 4.90 Å². The van der Waals surface area contributed by atoms with Crippen LogP contribution in [0.1, 0.15) is 12.0 Å². The number of rotatable bonds is 1. The monoisotopic (exact) mass is 254 g/mol. The summed E-state index contributed by atoms with van der Waals surface area (Å²) in [6.07, 6.45) is 0.967. The number of hydrogen-bond donors (Lipinski definition) is 1. The minimum Gasteiger partial charge on any atom is -0.376 e. The van der Waals surface area contributed by atoms with Crippen molar-refractivity contribution in [2.75, 3.05) is 13.1 Å². The van der Waals surface area contributed by atoms with Gasteiger partial charge in [-0.05, 0) is 42.3 Å². The van der Waals surface area contributed by atoms with Gasteiger partial charge in [-0.2, -0.15) is 0 Å². The summed E-state index contributed by atoms with van der Waals surface area (Å²) in [5, 5.41) is 0.369. The Labute approximate surface area is 103 Å². The summed E-state index contributed by atoms with van der Waals surface area (Å²) >= 11 is 4.94. The Morgan fingerprint density at radius 1 is 1.35 bits per heavy atom. The molecule has 2 nitrogen and oxygen atoms in total. The quantitative estimate of drug-likeness (QED) is 0.775. The molecular weight excluding hydrogens is 242 g/mol. The lowest BCUT2D eigenvalue weighted by atomic mass is 9.95. The lowest BCUT2D eigenvalue weighted by molar-refractivity contribution is 0.449. The van der Waals surface area contributed by atoms with Crippen LogP contribution in [0, 0.1) is 17.6 Å². The van der Waals surface area contributed by atoms with E-state index in [9.17, 15) is 8.78 Å². The first-order valence-corrected chi connectivity index (χ1v) is 5.93. The van der Waals surface area contributed by atoms with Crippen LogP contribution in [-0.2, 0) is 5.41 Å². The normalized spacial score (nSPS) is 30.2. The molecule has 1 aliphatic heterocycles. The Morgan fingerprint density at radius 3 is 2.53 bits per heavy atom. The fourth-order valence-corrected chi connectivity index (χ4v) is 3.08. The van der Waals surface area contributed by atoms with Crippen LogP contribution in [0.25, 0.3) is 0 Å². The molecule has 1 saturated heterocycles. The minimum atomic E-state index is -0.520. The Hall–Kier alpha value is -1.23. The zero-order valence-electron chi connectivity index (χ0n) is 9.12. The van der Waals surface area contributed by atoms with Gasteiger partial charge in [0.05, 0.1) is 0 Å². The van der Waals surface area contributed by atoms with Crippen molar-refractivity contribution in [3.8, 4) is 0 Å². The van der Waals surface area contributed by atoms with Crippen LogP contribution < -0.4 is 5.73 Å². The predicted molar refractivity (Wildman–Crippen MR) is 64.5 cm³/mol. The van der Waals surface area contributed by atoms with Crippen LogP contribution in [0.5, 0.6) is 0 Å². The molecule has 0 spiro atoms. The highest BCUT2D eigenvalue weighted by molar-refractivity contribution is 7.80. The molecule has 1 aromatic carbocycles. The number of nitrogens with zero attached hydrogens (tertiary/aromatic N) is 1. The number of halogens is 2. The molecule has 1 saturated carbocycles. The van der Waals surface area contributed by atoms with E-state index in [4.69, 9.17) is 18.0 Å². The van der Waals surface area contributed by atoms with Gasteiger partial charge in [0.25, 0.3) is 0 Å². The summed E-state index contributed by atoms with van der Waals surface area (Å²) in [5.74, 6) is -0.618. The molecule has 5 heteroatoms. The number of likely N-dealkylation sites (tertiary alicyclic amines) is 1. The number of thiocarbonyl (C=S) groups is 1. The van der Waals surface area contributed by atoms with Crippen molar-refractivity contribution < 1.29 is 8.78 Å². The first-order valence-electron chi connectivity index (χ1n) is 5.52. The highest BCUT2D eigenvalue weighted by Gasteiger charge is 2.61. The highest BCUT2D eigenvalue weighted by Crippen LogP contribution is 2.59. The van der Waals surface area contributed by atoms with Crippen molar-refractivity contribution in [1.29, 1.82) is 0 Å². The number of nitrogens with two attached hydrogens (primary N) is 1. The third kappa shape index (κ3) is 1.60. The van der Waals surface area contributed by atoms with Crippen LogP contribution in [0.15, 0.2) is 18.2 Å². The van der Waals surface area contributed by atoms with Crippen LogP contribution in [0.3, 0.4) is 0 Å². The molecule has 2 aliphatic rings. The molecule has 90 valence electrons. The number of benzene rings is 1. The van der Waals surface area contributed by atoms with Gasteiger partial charge in [-0.3, -0.25) is 0 Å². The summed E-state index contributed by atoms with van der Waals surface area (Å²) in [6.45, 7) is 1.48. The molecule has 2 fully saturated rings. The van der Waals surface area contributed by atoms with Crippen molar-refractivity contribution in [3.05, 3.63) is 35.4 Å². The summed E-state index contributed by atoms with van der Waals surface area (Å²) in [5.41, 5.74) is 6.19. The summed E-state index contributed by atoms with van der Waals surface area (Å²) in [6, 6.07) is 3.75. The van der Waals surface area contributed by atoms with E-state index in [-0.39, 0.29) is 5.41 Å². The van der Waals surface area contributed by atoms with Crippen molar-refractivity contribution in [1.82, 2.24) is 4.90 Å². The third-order valence-corrected chi connectivity index (χ3v) is 4.15. The second kappa shape index (κ2) is 3.38. The zero-order valence-corrected chi connectivity index (χ0v) is 9.94. The molecule has 0 radical (unpaired) electrons. The molecule has 1 aliphatic carbocycles. The maximum Gasteiger partial charge on any atom is 0.166 e. The van der Waals surface area contributed by atoms with Gasteiger partial charge in [-0.1, -0.05) is 0 Å². The topological polar surface area (TPSA) is 29.3 Å². The fraction of sp³-hybridized carbons (Fsp3) is 0.417. The highest BCUT2D eigenvalue weighted by atomic mass is 32.1. The largest absolute Gasteiger partial charge is 0.376 e. The van der Waals surface area contributed by atoms with E-state index in [0.717, 1.165) is 24.6 Å². The zero-order chi connectivity index (χ0) is 12.2. The lowest BCUT2D eigenvalue weighted by Crippen LogP contribution is -2.36. The Balaban J connectivity index is 1.93. The Bertz CT molecular complexity index is 485. The van der Waals surface area contributed by atoms with Crippen LogP contribution in [0.2, 0.25) is 0 Å². The van der Waals surface area contributed by atoms with Gasteiger partial charge < -0.3 is 10.6 Å². The summed E-state index contributed by atoms with van der Waals surface area (Å²) in [4.78, 5) is 1.91. The number of hydrogen-bond acceptors (Lipinski definition) is 1. The number of fused-ring (bicyclic) bond motifs is 1. The average Bonchev–Trinajstić information content (AvgIpc) is 2.80. The van der Waals surface area contributed by atoms with Crippen LogP contribution in [-0.4, -0.2) is 23.1 Å². The molecule has 0 bridgehead atoms. The smallest absolute Gasteiger partial charge is 0.166 e. The second-order valence-corrected chi connectivity index (χ2v) is 5.35. The first kappa shape index (κ1) is 10.9. The predicted octanol–water partition coefficient (Wildman–Crippen LogP) is 1.78. The molecule has 0 amide bonds. The van der Waals surface area contributed by atoms with E-state index in [0.29, 0.717) is 17.6 Å². The summed E-state index contributed by atoms with van der Waals surface area (Å²) in [7, 11) is 0. The average molecular weight is 254 g/mol. The van der Waals surface area contributed by atoms with Gasteiger partial charge in [0.2, 0.25) is 0 Å². The summed E-state index contributed by atoms with van der Waals surface area (Å²) < 4.78 is 26.4. The SMILES string of the molecule is NC(=S)N1CC2C[C@]2(c2cc(F)cc(F)c2)C1. The van der Waals surface area contributed by atoms with E-state index in [1.165, 1.54) is 12.1 Å². The van der Waals surface area contributed by atoms with Crippen molar-refractivity contribution in [2.24, 2.45) is 11.7 Å². The van der Waals surface area contributed by atoms with E-state index >= 15 is 0 Å². The van der Waals surface area contributed by atoms with Gasteiger partial charge in [-0.15, -0.1) is 0 Å². The maximum atomic E-state index is 13.2. The lowest BCUT2D eigenvalue weighted by Gasteiger charge is -2.21. The van der Waals surface area contributed by atoms with E-state index < -0.39 is 11.6 Å². The van der Waals surface area contributed by atoms with Gasteiger partial charge >= 0.3 is 0 Å². The van der Waals surface area contributed by atoms with Crippen LogP contribution in [0.4, 0.5) is 8.78 Å². The fourth-order valence-electron chi connectivity index (χ4n) is 2.94. The molecule has 0 aromatic heterocycles. The Morgan fingerprint density at radius 2 is 2.00 bits per heavy atom. The first-order chi connectivity index (χ1) is 8.01. The molecule has 1 unspecified atom stereocenters. The van der Waals surface area contributed by atoms with Crippen molar-refractivity contribution >= 4 is 17.3 Å².